The van der Waals surface area contributed by atoms with Gasteiger partial charge in [-0.2, -0.15) is 0 Å². The lowest BCUT2D eigenvalue weighted by Gasteiger charge is -2.18. The van der Waals surface area contributed by atoms with Gasteiger partial charge in [0.25, 0.3) is 0 Å². The Labute approximate surface area is 102 Å². The number of aliphatic hydroxyl groups is 1. The molecule has 2 aromatic rings. The standard InChI is InChI=1S/C16H13O/c17-16(13-7-1-2-8-13)15-11-5-9-12-6-3-4-10-14(12)15/h1-11,16-17H/t16-/m1/s1. The van der Waals surface area contributed by atoms with Gasteiger partial charge in [0.05, 0.1) is 6.10 Å². The van der Waals surface area contributed by atoms with Gasteiger partial charge in [-0.3, -0.25) is 0 Å². The minimum atomic E-state index is -0.545. The molecule has 0 unspecified atom stereocenters. The van der Waals surface area contributed by atoms with Crippen molar-refractivity contribution in [1.82, 2.24) is 0 Å². The summed E-state index contributed by atoms with van der Waals surface area (Å²) in [5, 5.41) is 12.7. The van der Waals surface area contributed by atoms with Gasteiger partial charge in [-0.15, -0.1) is 0 Å². The molecule has 2 aromatic carbocycles. The second-order valence-corrected chi connectivity index (χ2v) is 4.19. The second-order valence-electron chi connectivity index (χ2n) is 4.19. The Kier molecular flexibility index (Phi) is 2.86. The lowest BCUT2D eigenvalue weighted by molar-refractivity contribution is 0.202. The van der Waals surface area contributed by atoms with Crippen LogP contribution in [-0.4, -0.2) is 5.11 Å². The SMILES string of the molecule is O[C@H]([C]1[CH][CH][CH][CH]1)c1cccc2ccccc12. The van der Waals surface area contributed by atoms with Gasteiger partial charge in [-0.25, -0.2) is 0 Å². The predicted octanol–water partition coefficient (Wildman–Crippen LogP) is 3.28. The highest BCUT2D eigenvalue weighted by molar-refractivity contribution is 5.86. The molecule has 83 valence electrons. The van der Waals surface area contributed by atoms with Gasteiger partial charge in [0, 0.05) is 5.92 Å². The molecule has 0 spiro atoms. The maximum absolute atomic E-state index is 10.4. The molecule has 1 fully saturated rings. The van der Waals surface area contributed by atoms with Crippen LogP contribution in [0.25, 0.3) is 10.8 Å². The summed E-state index contributed by atoms with van der Waals surface area (Å²) >= 11 is 0. The van der Waals surface area contributed by atoms with Crippen molar-refractivity contribution in [3.8, 4) is 0 Å². The van der Waals surface area contributed by atoms with Crippen LogP contribution < -0.4 is 0 Å². The molecule has 0 bridgehead atoms. The summed E-state index contributed by atoms with van der Waals surface area (Å²) in [6.07, 6.45) is 7.25. The van der Waals surface area contributed by atoms with E-state index in [9.17, 15) is 5.11 Å². The maximum atomic E-state index is 10.4. The quantitative estimate of drug-likeness (QED) is 0.825. The molecule has 3 rings (SSSR count). The molecule has 1 aliphatic rings. The third-order valence-corrected chi connectivity index (χ3v) is 3.12. The van der Waals surface area contributed by atoms with Crippen molar-refractivity contribution in [2.45, 2.75) is 6.10 Å². The normalized spacial score (nSPS) is 18.6. The fourth-order valence-electron chi connectivity index (χ4n) is 2.24. The molecule has 1 heteroatoms. The zero-order chi connectivity index (χ0) is 11.7. The molecule has 5 radical (unpaired) electrons. The van der Waals surface area contributed by atoms with Gasteiger partial charge in [0.15, 0.2) is 0 Å². The molecular formula is C16H13O. The van der Waals surface area contributed by atoms with Gasteiger partial charge in [-0.1, -0.05) is 42.5 Å². The van der Waals surface area contributed by atoms with E-state index < -0.39 is 6.10 Å². The van der Waals surface area contributed by atoms with Gasteiger partial charge in [-0.05, 0) is 42.0 Å². The lowest BCUT2D eigenvalue weighted by atomic mass is 9.91. The van der Waals surface area contributed by atoms with E-state index in [0.717, 1.165) is 22.3 Å². The zero-order valence-electron chi connectivity index (χ0n) is 9.38. The summed E-state index contributed by atoms with van der Waals surface area (Å²) in [4.78, 5) is 0. The fourth-order valence-corrected chi connectivity index (χ4v) is 2.24. The van der Waals surface area contributed by atoms with Crippen LogP contribution in [0, 0.1) is 31.6 Å². The summed E-state index contributed by atoms with van der Waals surface area (Å²) in [5.41, 5.74) is 0.967. The molecule has 17 heavy (non-hydrogen) atoms. The third kappa shape index (κ3) is 1.96. The molecule has 1 atom stereocenters. The molecule has 1 saturated carbocycles. The van der Waals surface area contributed by atoms with Gasteiger partial charge < -0.3 is 5.11 Å². The number of aliphatic hydroxyl groups excluding tert-OH is 1. The largest absolute Gasteiger partial charge is 0.388 e. The van der Waals surface area contributed by atoms with Crippen LogP contribution in [-0.2, 0) is 0 Å². The highest BCUT2D eigenvalue weighted by atomic mass is 16.3. The van der Waals surface area contributed by atoms with E-state index in [1.54, 1.807) is 0 Å². The average Bonchev–Trinajstić information content (AvgIpc) is 2.91. The Bertz CT molecular complexity index is 506. The van der Waals surface area contributed by atoms with E-state index in [1.165, 1.54) is 0 Å². The van der Waals surface area contributed by atoms with Crippen molar-refractivity contribution in [2.24, 2.45) is 0 Å². The summed E-state index contributed by atoms with van der Waals surface area (Å²) < 4.78 is 0. The lowest BCUT2D eigenvalue weighted by Crippen LogP contribution is -2.08. The van der Waals surface area contributed by atoms with Crippen LogP contribution in [0.3, 0.4) is 0 Å². The molecule has 0 saturated heterocycles. The van der Waals surface area contributed by atoms with Gasteiger partial charge >= 0.3 is 0 Å². The monoisotopic (exact) mass is 221 g/mol. The van der Waals surface area contributed by atoms with E-state index in [0.29, 0.717) is 0 Å². The van der Waals surface area contributed by atoms with Crippen LogP contribution in [0.5, 0.6) is 0 Å². The van der Waals surface area contributed by atoms with Crippen molar-refractivity contribution in [3.05, 3.63) is 79.6 Å². The Hall–Kier alpha value is -1.34. The first-order valence-electron chi connectivity index (χ1n) is 5.73. The van der Waals surface area contributed by atoms with Crippen LogP contribution in [0.4, 0.5) is 0 Å². The first kappa shape index (κ1) is 10.8. The van der Waals surface area contributed by atoms with E-state index in [1.807, 2.05) is 49.9 Å². The maximum Gasteiger partial charge on any atom is 0.0864 e. The minimum Gasteiger partial charge on any atom is -0.388 e. The molecular weight excluding hydrogens is 208 g/mol. The summed E-state index contributed by atoms with van der Waals surface area (Å²) in [6, 6.07) is 14.2. The van der Waals surface area contributed by atoms with E-state index >= 15 is 0 Å². The topological polar surface area (TPSA) is 20.2 Å². The molecule has 0 aromatic heterocycles. The molecule has 0 amide bonds. The first-order chi connectivity index (χ1) is 8.36. The van der Waals surface area contributed by atoms with Crippen LogP contribution in [0.15, 0.2) is 42.5 Å². The average molecular weight is 221 g/mol. The zero-order valence-corrected chi connectivity index (χ0v) is 9.38. The number of hydrogen-bond acceptors (Lipinski definition) is 1. The molecule has 1 N–H and O–H groups in total. The Balaban J connectivity index is 2.04. The molecule has 1 aliphatic carbocycles. The molecule has 1 nitrogen and oxygen atoms in total. The Morgan fingerprint density at radius 2 is 1.53 bits per heavy atom. The van der Waals surface area contributed by atoms with Crippen molar-refractivity contribution in [2.75, 3.05) is 0 Å². The fraction of sp³-hybridized carbons (Fsp3) is 0.0625. The van der Waals surface area contributed by atoms with Crippen molar-refractivity contribution in [3.63, 3.8) is 0 Å². The van der Waals surface area contributed by atoms with Gasteiger partial charge in [0.1, 0.15) is 0 Å². The smallest absolute Gasteiger partial charge is 0.0864 e. The highest BCUT2D eigenvalue weighted by Crippen LogP contribution is 2.37. The highest BCUT2D eigenvalue weighted by Gasteiger charge is 2.26. The second kappa shape index (κ2) is 4.50. The number of hydrogen-bond donors (Lipinski definition) is 1. The van der Waals surface area contributed by atoms with E-state index in [2.05, 4.69) is 18.2 Å². The van der Waals surface area contributed by atoms with E-state index in [-0.39, 0.29) is 0 Å². The summed E-state index contributed by atoms with van der Waals surface area (Å²) in [6.45, 7) is 0. The summed E-state index contributed by atoms with van der Waals surface area (Å²) in [5.74, 6) is 0.946. The number of rotatable bonds is 2. The summed E-state index contributed by atoms with van der Waals surface area (Å²) in [7, 11) is 0. The van der Waals surface area contributed by atoms with Gasteiger partial charge in [0.2, 0.25) is 0 Å². The first-order valence-corrected chi connectivity index (χ1v) is 5.73. The number of benzene rings is 2. The van der Waals surface area contributed by atoms with Crippen LogP contribution in [0.2, 0.25) is 0 Å². The van der Waals surface area contributed by atoms with Crippen molar-refractivity contribution >= 4 is 10.8 Å². The predicted molar refractivity (Wildman–Crippen MR) is 69.4 cm³/mol. The molecule has 0 aliphatic heterocycles. The number of fused-ring (bicyclic) bond motifs is 1. The Morgan fingerprint density at radius 1 is 0.824 bits per heavy atom. The van der Waals surface area contributed by atoms with Crippen LogP contribution >= 0.6 is 0 Å². The van der Waals surface area contributed by atoms with Crippen LogP contribution in [0.1, 0.15) is 11.7 Å². The van der Waals surface area contributed by atoms with Crippen molar-refractivity contribution < 1.29 is 5.11 Å². The van der Waals surface area contributed by atoms with E-state index in [4.69, 9.17) is 0 Å². The minimum absolute atomic E-state index is 0.545. The molecule has 0 heterocycles. The third-order valence-electron chi connectivity index (χ3n) is 3.12. The Morgan fingerprint density at radius 3 is 2.35 bits per heavy atom. The van der Waals surface area contributed by atoms with Crippen molar-refractivity contribution in [1.29, 1.82) is 0 Å².